The Hall–Kier alpha value is -0.310. The van der Waals surface area contributed by atoms with E-state index in [2.05, 4.69) is 60.4 Å². The van der Waals surface area contributed by atoms with Gasteiger partial charge in [-0.1, -0.05) is 72.9 Å². The second kappa shape index (κ2) is 6.92. The molecule has 1 saturated carbocycles. The fourth-order valence-corrected chi connectivity index (χ4v) is 4.59. The van der Waals surface area contributed by atoms with Crippen LogP contribution < -0.4 is 0 Å². The minimum Gasteiger partial charge on any atom is -0.0985 e. The van der Waals surface area contributed by atoms with Crippen LogP contribution in [0.25, 0.3) is 6.08 Å². The first-order valence-electron chi connectivity index (χ1n) is 7.51. The highest BCUT2D eigenvalue weighted by atomic mass is 127. The average molecular weight is 368 g/mol. The highest BCUT2D eigenvalue weighted by Crippen LogP contribution is 2.47. The molecule has 1 fully saturated rings. The van der Waals surface area contributed by atoms with Gasteiger partial charge in [-0.05, 0) is 54.6 Å². The number of rotatable bonds is 5. The van der Waals surface area contributed by atoms with Gasteiger partial charge in [0.05, 0.1) is 0 Å². The van der Waals surface area contributed by atoms with Gasteiger partial charge in [0.15, 0.2) is 0 Å². The van der Waals surface area contributed by atoms with Crippen LogP contribution in [-0.4, -0.2) is 4.43 Å². The van der Waals surface area contributed by atoms with E-state index in [1.165, 1.54) is 54.1 Å². The molecule has 1 aliphatic carbocycles. The van der Waals surface area contributed by atoms with Crippen molar-refractivity contribution < 1.29 is 0 Å². The van der Waals surface area contributed by atoms with E-state index in [1.54, 1.807) is 0 Å². The first-order chi connectivity index (χ1) is 9.23. The van der Waals surface area contributed by atoms with E-state index >= 15 is 0 Å². The maximum Gasteiger partial charge on any atom is 0.0000554 e. The maximum absolute atomic E-state index is 3.82. The molecule has 0 atom stereocenters. The molecule has 0 saturated heterocycles. The highest BCUT2D eigenvalue weighted by Gasteiger charge is 2.33. The summed E-state index contributed by atoms with van der Waals surface area (Å²) < 4.78 is 1.31. The molecule has 0 aromatic heterocycles. The van der Waals surface area contributed by atoms with Gasteiger partial charge in [-0.3, -0.25) is 0 Å². The molecule has 19 heavy (non-hydrogen) atoms. The van der Waals surface area contributed by atoms with E-state index in [0.29, 0.717) is 5.41 Å². The van der Waals surface area contributed by atoms with E-state index in [-0.39, 0.29) is 0 Å². The SMILES string of the molecule is C=Cc1ccc(C2CCC(CC)(CCI)CC2)cc1. The van der Waals surface area contributed by atoms with E-state index in [1.807, 2.05) is 6.08 Å². The van der Waals surface area contributed by atoms with Crippen LogP contribution in [0.1, 0.15) is 62.5 Å². The van der Waals surface area contributed by atoms with Gasteiger partial charge >= 0.3 is 0 Å². The summed E-state index contributed by atoms with van der Waals surface area (Å²) in [6, 6.07) is 9.02. The molecule has 0 spiro atoms. The number of halogens is 1. The molecule has 0 radical (unpaired) electrons. The second-order valence-corrected chi connectivity index (χ2v) is 7.02. The van der Waals surface area contributed by atoms with Crippen LogP contribution in [0.4, 0.5) is 0 Å². The molecule has 2 rings (SSSR count). The Labute approximate surface area is 131 Å². The molecule has 1 aromatic carbocycles. The lowest BCUT2D eigenvalue weighted by molar-refractivity contribution is 0.162. The van der Waals surface area contributed by atoms with Gasteiger partial charge in [-0.15, -0.1) is 0 Å². The third-order valence-electron chi connectivity index (χ3n) is 5.06. The van der Waals surface area contributed by atoms with Crippen molar-refractivity contribution in [2.24, 2.45) is 5.41 Å². The zero-order chi connectivity index (χ0) is 13.7. The number of hydrogen-bond donors (Lipinski definition) is 0. The van der Waals surface area contributed by atoms with Crippen LogP contribution in [0, 0.1) is 5.41 Å². The summed E-state index contributed by atoms with van der Waals surface area (Å²) in [6.07, 6.45) is 10.3. The molecule has 0 bridgehead atoms. The Morgan fingerprint density at radius 3 is 2.37 bits per heavy atom. The van der Waals surface area contributed by atoms with Gasteiger partial charge in [0.25, 0.3) is 0 Å². The van der Waals surface area contributed by atoms with Gasteiger partial charge in [-0.2, -0.15) is 0 Å². The van der Waals surface area contributed by atoms with Gasteiger partial charge in [-0.25, -0.2) is 0 Å². The minimum absolute atomic E-state index is 0.652. The molecule has 0 N–H and O–H groups in total. The topological polar surface area (TPSA) is 0 Å². The molecule has 0 unspecified atom stereocenters. The minimum atomic E-state index is 0.652. The Bertz CT molecular complexity index is 396. The zero-order valence-electron chi connectivity index (χ0n) is 12.0. The number of benzene rings is 1. The fraction of sp³-hybridized carbons (Fsp3) is 0.556. The van der Waals surface area contributed by atoms with Crippen molar-refractivity contribution in [3.63, 3.8) is 0 Å². The Morgan fingerprint density at radius 2 is 1.89 bits per heavy atom. The normalized spacial score (nSPS) is 27.2. The molecule has 1 aromatic rings. The summed E-state index contributed by atoms with van der Waals surface area (Å²) in [7, 11) is 0. The lowest BCUT2D eigenvalue weighted by Crippen LogP contribution is -2.26. The maximum atomic E-state index is 3.82. The summed E-state index contributed by atoms with van der Waals surface area (Å²) in [5.41, 5.74) is 3.41. The van der Waals surface area contributed by atoms with Crippen LogP contribution >= 0.6 is 22.6 Å². The van der Waals surface area contributed by atoms with Crippen molar-refractivity contribution in [1.82, 2.24) is 0 Å². The number of alkyl halides is 1. The first-order valence-corrected chi connectivity index (χ1v) is 9.04. The first kappa shape index (κ1) is 15.1. The van der Waals surface area contributed by atoms with Gasteiger partial charge in [0.2, 0.25) is 0 Å². The smallest absolute Gasteiger partial charge is 0.0000554 e. The fourth-order valence-electron chi connectivity index (χ4n) is 3.45. The quantitative estimate of drug-likeness (QED) is 0.428. The van der Waals surface area contributed by atoms with Gasteiger partial charge in [0, 0.05) is 4.43 Å². The summed E-state index contributed by atoms with van der Waals surface area (Å²) >= 11 is 2.54. The third kappa shape index (κ3) is 3.62. The molecule has 0 heterocycles. The molecular formula is C18H25I. The van der Waals surface area contributed by atoms with E-state index in [4.69, 9.17) is 0 Å². The standard InChI is InChI=1S/C18H25I/c1-3-15-5-7-16(8-6-15)17-9-11-18(4-2,12-10-17)13-14-19/h3,5-8,17H,1,4,9-14H2,2H3. The Kier molecular flexibility index (Phi) is 5.49. The van der Waals surface area contributed by atoms with Gasteiger partial charge < -0.3 is 0 Å². The third-order valence-corrected chi connectivity index (χ3v) is 5.60. The summed E-state index contributed by atoms with van der Waals surface area (Å²) in [6.45, 7) is 6.20. The predicted octanol–water partition coefficient (Wildman–Crippen LogP) is 6.21. The van der Waals surface area contributed by atoms with Crippen LogP contribution in [0.5, 0.6) is 0 Å². The van der Waals surface area contributed by atoms with E-state index in [9.17, 15) is 0 Å². The van der Waals surface area contributed by atoms with Crippen LogP contribution in [-0.2, 0) is 0 Å². The Morgan fingerprint density at radius 1 is 1.26 bits per heavy atom. The summed E-state index contributed by atoms with van der Waals surface area (Å²) in [5, 5.41) is 0. The monoisotopic (exact) mass is 368 g/mol. The van der Waals surface area contributed by atoms with Crippen LogP contribution in [0.2, 0.25) is 0 Å². The molecule has 104 valence electrons. The van der Waals surface area contributed by atoms with Crippen molar-refractivity contribution in [2.75, 3.05) is 4.43 Å². The van der Waals surface area contributed by atoms with Crippen molar-refractivity contribution in [3.8, 4) is 0 Å². The van der Waals surface area contributed by atoms with E-state index in [0.717, 1.165) is 5.92 Å². The Balaban J connectivity index is 2.00. The van der Waals surface area contributed by atoms with Crippen LogP contribution in [0.3, 0.4) is 0 Å². The lowest BCUT2D eigenvalue weighted by atomic mass is 9.66. The molecule has 1 heteroatoms. The molecule has 0 nitrogen and oxygen atoms in total. The predicted molar refractivity (Wildman–Crippen MR) is 94.0 cm³/mol. The number of hydrogen-bond acceptors (Lipinski definition) is 0. The lowest BCUT2D eigenvalue weighted by Gasteiger charge is -2.39. The van der Waals surface area contributed by atoms with Crippen LogP contribution in [0.15, 0.2) is 30.8 Å². The highest BCUT2D eigenvalue weighted by molar-refractivity contribution is 14.1. The van der Waals surface area contributed by atoms with Crippen molar-refractivity contribution in [1.29, 1.82) is 0 Å². The molecular weight excluding hydrogens is 343 g/mol. The molecule has 0 aliphatic heterocycles. The van der Waals surface area contributed by atoms with Crippen molar-refractivity contribution >= 4 is 28.7 Å². The van der Waals surface area contributed by atoms with Crippen molar-refractivity contribution in [2.45, 2.75) is 51.4 Å². The molecule has 0 amide bonds. The zero-order valence-corrected chi connectivity index (χ0v) is 14.2. The molecule has 1 aliphatic rings. The second-order valence-electron chi connectivity index (χ2n) is 5.94. The van der Waals surface area contributed by atoms with E-state index < -0.39 is 0 Å². The van der Waals surface area contributed by atoms with Gasteiger partial charge in [0.1, 0.15) is 0 Å². The summed E-state index contributed by atoms with van der Waals surface area (Å²) in [4.78, 5) is 0. The summed E-state index contributed by atoms with van der Waals surface area (Å²) in [5.74, 6) is 0.785. The van der Waals surface area contributed by atoms with Crippen molar-refractivity contribution in [3.05, 3.63) is 42.0 Å². The largest absolute Gasteiger partial charge is 0.0985 e. The average Bonchev–Trinajstić information content (AvgIpc) is 2.48.